The highest BCUT2D eigenvalue weighted by Gasteiger charge is 2.26. The Bertz CT molecular complexity index is 867. The lowest BCUT2D eigenvalue weighted by molar-refractivity contribution is 0.471. The van der Waals surface area contributed by atoms with Crippen molar-refractivity contribution in [3.63, 3.8) is 0 Å². The second-order valence-electron chi connectivity index (χ2n) is 6.49. The molecule has 3 aromatic rings. The molecular formula is C18H21ClN6. The molecular weight excluding hydrogens is 336 g/mol. The lowest BCUT2D eigenvalue weighted by atomic mass is 10.0. The molecule has 130 valence electrons. The van der Waals surface area contributed by atoms with Crippen LogP contribution in [0.2, 0.25) is 5.02 Å². The first kappa shape index (κ1) is 16.1. The van der Waals surface area contributed by atoms with Crippen molar-refractivity contribution in [2.24, 2.45) is 7.05 Å². The number of aryl methyl sites for hydroxylation is 1. The molecule has 1 fully saturated rings. The average Bonchev–Trinajstić information content (AvgIpc) is 2.99. The van der Waals surface area contributed by atoms with Gasteiger partial charge in [0, 0.05) is 33.2 Å². The Kier molecular flexibility index (Phi) is 4.21. The van der Waals surface area contributed by atoms with Crippen molar-refractivity contribution in [2.45, 2.75) is 18.9 Å². The fourth-order valence-electron chi connectivity index (χ4n) is 3.52. The van der Waals surface area contributed by atoms with Crippen LogP contribution in [0.25, 0.3) is 11.0 Å². The Morgan fingerprint density at radius 3 is 2.48 bits per heavy atom. The van der Waals surface area contributed by atoms with Crippen LogP contribution in [0.4, 0.5) is 11.9 Å². The minimum atomic E-state index is 0.423. The fraction of sp³-hybridized carbons (Fsp3) is 0.389. The number of fused-ring (bicyclic) bond motifs is 1. The van der Waals surface area contributed by atoms with E-state index < -0.39 is 0 Å². The number of rotatable bonds is 3. The van der Waals surface area contributed by atoms with Gasteiger partial charge in [-0.2, -0.15) is 0 Å². The molecule has 1 saturated heterocycles. The van der Waals surface area contributed by atoms with E-state index in [1.165, 1.54) is 5.52 Å². The van der Waals surface area contributed by atoms with Crippen molar-refractivity contribution in [1.29, 1.82) is 0 Å². The van der Waals surface area contributed by atoms with E-state index in [9.17, 15) is 0 Å². The monoisotopic (exact) mass is 356 g/mol. The summed E-state index contributed by atoms with van der Waals surface area (Å²) >= 11 is 5.88. The smallest absolute Gasteiger partial charge is 0.225 e. The highest BCUT2D eigenvalue weighted by atomic mass is 35.5. The molecule has 2 aromatic heterocycles. The number of hydrogen-bond acceptors (Lipinski definition) is 5. The first-order chi connectivity index (χ1) is 12.1. The molecule has 3 heterocycles. The van der Waals surface area contributed by atoms with Crippen LogP contribution in [-0.4, -0.2) is 45.7 Å². The maximum Gasteiger partial charge on any atom is 0.225 e. The number of hydrogen-bond donors (Lipinski definition) is 0. The molecule has 0 bridgehead atoms. The zero-order valence-corrected chi connectivity index (χ0v) is 15.2. The van der Waals surface area contributed by atoms with Crippen molar-refractivity contribution in [3.8, 4) is 0 Å². The van der Waals surface area contributed by atoms with Gasteiger partial charge in [-0.25, -0.2) is 15.0 Å². The summed E-state index contributed by atoms with van der Waals surface area (Å²) in [6, 6.07) is 8.70. The lowest BCUT2D eigenvalue weighted by Gasteiger charge is -2.37. The Morgan fingerprint density at radius 1 is 1.12 bits per heavy atom. The van der Waals surface area contributed by atoms with Crippen LogP contribution in [0.3, 0.4) is 0 Å². The van der Waals surface area contributed by atoms with Crippen molar-refractivity contribution < 1.29 is 0 Å². The van der Waals surface area contributed by atoms with Gasteiger partial charge in [0.2, 0.25) is 11.9 Å². The van der Waals surface area contributed by atoms with Crippen LogP contribution in [0, 0.1) is 0 Å². The highest BCUT2D eigenvalue weighted by molar-refractivity contribution is 6.30. The van der Waals surface area contributed by atoms with E-state index in [-0.39, 0.29) is 0 Å². The quantitative estimate of drug-likeness (QED) is 0.721. The Labute approximate surface area is 152 Å². The van der Waals surface area contributed by atoms with Gasteiger partial charge >= 0.3 is 0 Å². The third-order valence-corrected chi connectivity index (χ3v) is 5.18. The summed E-state index contributed by atoms with van der Waals surface area (Å²) < 4.78 is 2.18. The second kappa shape index (κ2) is 6.52. The largest absolute Gasteiger partial charge is 0.342 e. The van der Waals surface area contributed by atoms with Gasteiger partial charge in [-0.05, 0) is 25.0 Å². The van der Waals surface area contributed by atoms with Gasteiger partial charge in [0.15, 0.2) is 0 Å². The van der Waals surface area contributed by atoms with E-state index in [4.69, 9.17) is 16.6 Å². The minimum absolute atomic E-state index is 0.423. The van der Waals surface area contributed by atoms with Crippen LogP contribution >= 0.6 is 11.6 Å². The first-order valence-electron chi connectivity index (χ1n) is 8.50. The molecule has 7 heteroatoms. The van der Waals surface area contributed by atoms with E-state index in [2.05, 4.69) is 56.6 Å². The summed E-state index contributed by atoms with van der Waals surface area (Å²) in [6.07, 6.45) is 5.39. The molecule has 0 saturated carbocycles. The Hall–Kier alpha value is -2.34. The SMILES string of the molecule is CN(c1ncc(Cl)cn1)C1CCN(c2nc3ccccc3n2C)CC1. The molecule has 0 amide bonds. The standard InChI is InChI=1S/C18H21ClN6/c1-23(17-20-11-13(19)12-21-17)14-7-9-25(10-8-14)18-22-15-5-3-4-6-16(15)24(18)2/h3-6,11-12,14H,7-10H2,1-2H3. The van der Waals surface area contributed by atoms with Crippen molar-refractivity contribution in [1.82, 2.24) is 19.5 Å². The molecule has 1 aromatic carbocycles. The number of para-hydroxylation sites is 2. The van der Waals surface area contributed by atoms with Crippen LogP contribution in [0.5, 0.6) is 0 Å². The summed E-state index contributed by atoms with van der Waals surface area (Å²) in [7, 11) is 4.14. The van der Waals surface area contributed by atoms with Crippen LogP contribution < -0.4 is 9.80 Å². The first-order valence-corrected chi connectivity index (χ1v) is 8.88. The minimum Gasteiger partial charge on any atom is -0.342 e. The van der Waals surface area contributed by atoms with E-state index in [0.29, 0.717) is 11.1 Å². The molecule has 4 rings (SSSR count). The Balaban J connectivity index is 1.47. The highest BCUT2D eigenvalue weighted by Crippen LogP contribution is 2.26. The predicted molar refractivity (Wildman–Crippen MR) is 101 cm³/mol. The van der Waals surface area contributed by atoms with Crippen molar-refractivity contribution in [3.05, 3.63) is 41.7 Å². The van der Waals surface area contributed by atoms with E-state index in [1.54, 1.807) is 12.4 Å². The molecule has 0 atom stereocenters. The molecule has 0 radical (unpaired) electrons. The van der Waals surface area contributed by atoms with E-state index in [1.807, 2.05) is 6.07 Å². The van der Waals surface area contributed by atoms with Gasteiger partial charge in [-0.3, -0.25) is 0 Å². The van der Waals surface area contributed by atoms with Crippen LogP contribution in [-0.2, 0) is 7.05 Å². The summed E-state index contributed by atoms with van der Waals surface area (Å²) in [5.74, 6) is 1.77. The number of halogens is 1. The van der Waals surface area contributed by atoms with Gasteiger partial charge in [-0.1, -0.05) is 23.7 Å². The number of aromatic nitrogens is 4. The lowest BCUT2D eigenvalue weighted by Crippen LogP contribution is -2.44. The maximum absolute atomic E-state index is 5.88. The van der Waals surface area contributed by atoms with Crippen LogP contribution in [0.15, 0.2) is 36.7 Å². The zero-order valence-electron chi connectivity index (χ0n) is 14.4. The summed E-state index contributed by atoms with van der Waals surface area (Å²) in [5.41, 5.74) is 2.22. The molecule has 1 aliphatic rings. The van der Waals surface area contributed by atoms with Gasteiger partial charge < -0.3 is 14.4 Å². The molecule has 6 nitrogen and oxygen atoms in total. The number of piperidine rings is 1. The fourth-order valence-corrected chi connectivity index (χ4v) is 3.62. The normalized spacial score (nSPS) is 15.7. The third kappa shape index (κ3) is 3.02. The van der Waals surface area contributed by atoms with Gasteiger partial charge in [0.1, 0.15) is 0 Å². The summed E-state index contributed by atoms with van der Waals surface area (Å²) in [5, 5.41) is 0.564. The number of nitrogens with zero attached hydrogens (tertiary/aromatic N) is 6. The number of benzene rings is 1. The third-order valence-electron chi connectivity index (χ3n) is 4.98. The van der Waals surface area contributed by atoms with E-state index >= 15 is 0 Å². The molecule has 0 aliphatic carbocycles. The molecule has 0 N–H and O–H groups in total. The van der Waals surface area contributed by atoms with Gasteiger partial charge in [0.05, 0.1) is 28.4 Å². The summed E-state index contributed by atoms with van der Waals surface area (Å²) in [6.45, 7) is 1.94. The Morgan fingerprint density at radius 2 is 1.80 bits per heavy atom. The number of anilines is 2. The molecule has 0 unspecified atom stereocenters. The predicted octanol–water partition coefficient (Wildman–Crippen LogP) is 3.12. The summed E-state index contributed by atoms with van der Waals surface area (Å²) in [4.78, 5) is 18.0. The van der Waals surface area contributed by atoms with Gasteiger partial charge in [0.25, 0.3) is 0 Å². The van der Waals surface area contributed by atoms with Crippen LogP contribution in [0.1, 0.15) is 12.8 Å². The van der Waals surface area contributed by atoms with Gasteiger partial charge in [-0.15, -0.1) is 0 Å². The maximum atomic E-state index is 5.88. The average molecular weight is 357 g/mol. The molecule has 0 spiro atoms. The topological polar surface area (TPSA) is 50.1 Å². The molecule has 25 heavy (non-hydrogen) atoms. The zero-order chi connectivity index (χ0) is 17.4. The molecule has 1 aliphatic heterocycles. The van der Waals surface area contributed by atoms with E-state index in [0.717, 1.165) is 43.3 Å². The van der Waals surface area contributed by atoms with Crippen molar-refractivity contribution >= 4 is 34.5 Å². The van der Waals surface area contributed by atoms with Crippen molar-refractivity contribution in [2.75, 3.05) is 29.9 Å². The number of imidazole rings is 1. The second-order valence-corrected chi connectivity index (χ2v) is 6.93.